The number of hydrogen-bond donors (Lipinski definition) is 1. The van der Waals surface area contributed by atoms with Crippen molar-refractivity contribution >= 4 is 12.3 Å². The fraction of sp³-hybridized carbons (Fsp3) is 0.333. The number of aliphatic carboxylic acids is 1. The van der Waals surface area contributed by atoms with E-state index in [-0.39, 0.29) is 25.0 Å². The van der Waals surface area contributed by atoms with Crippen LogP contribution in [0.2, 0.25) is 0 Å². The second kappa shape index (κ2) is 6.68. The molecular weight excluding hydrogens is 246 g/mol. The number of aryl methyl sites for hydroxylation is 1. The number of benzene rings is 1. The van der Waals surface area contributed by atoms with E-state index in [2.05, 4.69) is 4.74 Å². The molecule has 1 N–H and O–H groups in total. The number of ether oxygens (including phenoxy) is 1. The Morgan fingerprint density at radius 1 is 1.44 bits per heavy atom. The Kier molecular flexibility index (Phi) is 5.23. The fourth-order valence-electron chi connectivity index (χ4n) is 1.54. The van der Waals surface area contributed by atoms with Crippen molar-refractivity contribution in [3.63, 3.8) is 0 Å². The highest BCUT2D eigenvalue weighted by molar-refractivity contribution is 5.70. The monoisotopic (exact) mass is 258 g/mol. The molecule has 0 atom stereocenters. The van der Waals surface area contributed by atoms with Crippen LogP contribution in [0.4, 0.5) is 8.78 Å². The van der Waals surface area contributed by atoms with Gasteiger partial charge in [0, 0.05) is 6.42 Å². The molecule has 0 aromatic heterocycles. The highest BCUT2D eigenvalue weighted by Gasteiger charge is 2.11. The first-order valence-corrected chi connectivity index (χ1v) is 5.25. The smallest absolute Gasteiger partial charge is 0.387 e. The van der Waals surface area contributed by atoms with Gasteiger partial charge in [0.1, 0.15) is 12.0 Å². The molecule has 0 spiro atoms. The molecule has 0 fully saturated rings. The van der Waals surface area contributed by atoms with Crippen LogP contribution in [0.25, 0.3) is 0 Å². The molecule has 4 nitrogen and oxygen atoms in total. The van der Waals surface area contributed by atoms with Crippen LogP contribution < -0.4 is 4.74 Å². The van der Waals surface area contributed by atoms with Crippen molar-refractivity contribution in [1.29, 1.82) is 0 Å². The average molecular weight is 258 g/mol. The summed E-state index contributed by atoms with van der Waals surface area (Å²) in [6.45, 7) is -2.95. The van der Waals surface area contributed by atoms with Crippen LogP contribution in [0.15, 0.2) is 18.2 Å². The molecule has 6 heteroatoms. The molecule has 0 unspecified atom stereocenters. The lowest BCUT2D eigenvalue weighted by Gasteiger charge is -2.11. The molecule has 0 amide bonds. The second-order valence-electron chi connectivity index (χ2n) is 3.60. The largest absolute Gasteiger partial charge is 0.481 e. The maximum absolute atomic E-state index is 12.1. The van der Waals surface area contributed by atoms with Crippen LogP contribution in [0.3, 0.4) is 0 Å². The zero-order chi connectivity index (χ0) is 13.5. The molecule has 98 valence electrons. The van der Waals surface area contributed by atoms with E-state index in [0.717, 1.165) is 0 Å². The third-order valence-electron chi connectivity index (χ3n) is 2.23. The van der Waals surface area contributed by atoms with Crippen molar-refractivity contribution in [3.8, 4) is 5.75 Å². The minimum atomic E-state index is -2.95. The van der Waals surface area contributed by atoms with E-state index in [1.54, 1.807) is 0 Å². The van der Waals surface area contributed by atoms with Crippen molar-refractivity contribution < 1.29 is 28.2 Å². The summed E-state index contributed by atoms with van der Waals surface area (Å²) in [6.07, 6.45) is 0.855. The van der Waals surface area contributed by atoms with Gasteiger partial charge < -0.3 is 14.6 Å². The fourth-order valence-corrected chi connectivity index (χ4v) is 1.54. The van der Waals surface area contributed by atoms with Crippen LogP contribution >= 0.6 is 0 Å². The van der Waals surface area contributed by atoms with Gasteiger partial charge in [-0.15, -0.1) is 0 Å². The molecule has 0 saturated heterocycles. The Labute approximate surface area is 102 Å². The summed E-state index contributed by atoms with van der Waals surface area (Å²) in [4.78, 5) is 20.8. The lowest BCUT2D eigenvalue weighted by molar-refractivity contribution is -0.136. The average Bonchev–Trinajstić information content (AvgIpc) is 2.27. The Balaban J connectivity index is 2.95. The molecule has 0 aliphatic carbocycles. The zero-order valence-electron chi connectivity index (χ0n) is 9.44. The van der Waals surface area contributed by atoms with E-state index < -0.39 is 12.6 Å². The highest BCUT2D eigenvalue weighted by atomic mass is 19.3. The number of carbonyl (C=O) groups excluding carboxylic acids is 1. The molecule has 1 aromatic rings. The summed E-state index contributed by atoms with van der Waals surface area (Å²) in [5.74, 6) is -1.04. The van der Waals surface area contributed by atoms with Crippen LogP contribution in [0.1, 0.15) is 17.5 Å². The number of carboxylic acids is 1. The van der Waals surface area contributed by atoms with E-state index in [4.69, 9.17) is 5.11 Å². The molecule has 0 aliphatic heterocycles. The third-order valence-corrected chi connectivity index (χ3v) is 2.23. The van der Waals surface area contributed by atoms with Gasteiger partial charge in [-0.3, -0.25) is 4.79 Å². The number of carbonyl (C=O) groups is 2. The summed E-state index contributed by atoms with van der Waals surface area (Å²) in [5, 5.41) is 8.64. The first-order valence-electron chi connectivity index (χ1n) is 5.25. The van der Waals surface area contributed by atoms with Crippen LogP contribution in [-0.2, 0) is 22.4 Å². The number of alkyl halides is 2. The van der Waals surface area contributed by atoms with Gasteiger partial charge in [-0.1, -0.05) is 12.1 Å². The van der Waals surface area contributed by atoms with Crippen molar-refractivity contribution in [2.45, 2.75) is 25.9 Å². The quantitative estimate of drug-likeness (QED) is 0.760. The van der Waals surface area contributed by atoms with Gasteiger partial charge in [-0.25, -0.2) is 0 Å². The molecule has 0 aliphatic rings. The Morgan fingerprint density at radius 2 is 2.17 bits per heavy atom. The van der Waals surface area contributed by atoms with Gasteiger partial charge in [-0.05, 0) is 23.6 Å². The predicted molar refractivity (Wildman–Crippen MR) is 58.8 cm³/mol. The third kappa shape index (κ3) is 4.48. The Morgan fingerprint density at radius 3 is 2.72 bits per heavy atom. The van der Waals surface area contributed by atoms with E-state index in [9.17, 15) is 18.4 Å². The minimum Gasteiger partial charge on any atom is -0.481 e. The Hall–Kier alpha value is -1.98. The van der Waals surface area contributed by atoms with Gasteiger partial charge >= 0.3 is 12.6 Å². The summed E-state index contributed by atoms with van der Waals surface area (Å²) in [5.41, 5.74) is 0.881. The standard InChI is InChI=1S/C12H12F2O4/c13-12(14)18-10-4-3-8(7-11(16)17)6-9(10)2-1-5-15/h3-6,12H,1-2,7H2,(H,16,17). The zero-order valence-corrected chi connectivity index (χ0v) is 9.44. The van der Waals surface area contributed by atoms with Crippen molar-refractivity contribution in [1.82, 2.24) is 0 Å². The maximum atomic E-state index is 12.1. The molecule has 0 saturated carbocycles. The van der Waals surface area contributed by atoms with Crippen molar-refractivity contribution in [2.24, 2.45) is 0 Å². The number of halogens is 2. The first kappa shape index (κ1) is 14.1. The molecule has 0 radical (unpaired) electrons. The van der Waals surface area contributed by atoms with E-state index in [1.807, 2.05) is 0 Å². The first-order chi connectivity index (χ1) is 8.52. The summed E-state index contributed by atoms with van der Waals surface area (Å²) in [6, 6.07) is 4.18. The lowest BCUT2D eigenvalue weighted by Crippen LogP contribution is -2.06. The number of carboxylic acid groups (broad SMARTS) is 1. The Bertz CT molecular complexity index is 432. The van der Waals surface area contributed by atoms with Gasteiger partial charge in [0.25, 0.3) is 0 Å². The van der Waals surface area contributed by atoms with Gasteiger partial charge in [-0.2, -0.15) is 8.78 Å². The van der Waals surface area contributed by atoms with Crippen molar-refractivity contribution in [2.75, 3.05) is 0 Å². The maximum Gasteiger partial charge on any atom is 0.387 e. The van der Waals surface area contributed by atoms with Crippen LogP contribution in [-0.4, -0.2) is 24.0 Å². The van der Waals surface area contributed by atoms with E-state index in [0.29, 0.717) is 17.4 Å². The molecule has 18 heavy (non-hydrogen) atoms. The second-order valence-corrected chi connectivity index (χ2v) is 3.60. The normalized spacial score (nSPS) is 10.4. The number of aldehydes is 1. The van der Waals surface area contributed by atoms with Gasteiger partial charge in [0.2, 0.25) is 0 Å². The van der Waals surface area contributed by atoms with Crippen LogP contribution in [0, 0.1) is 0 Å². The summed E-state index contributed by atoms with van der Waals surface area (Å²) >= 11 is 0. The molecule has 0 heterocycles. The van der Waals surface area contributed by atoms with E-state index >= 15 is 0 Å². The molecular formula is C12H12F2O4. The van der Waals surface area contributed by atoms with Gasteiger partial charge in [0.15, 0.2) is 0 Å². The minimum absolute atomic E-state index is 0.0269. The number of rotatable bonds is 7. The molecule has 1 rings (SSSR count). The molecule has 0 bridgehead atoms. The van der Waals surface area contributed by atoms with Crippen LogP contribution in [0.5, 0.6) is 5.75 Å². The van der Waals surface area contributed by atoms with Gasteiger partial charge in [0.05, 0.1) is 6.42 Å². The lowest BCUT2D eigenvalue weighted by atomic mass is 10.0. The van der Waals surface area contributed by atoms with Crippen molar-refractivity contribution in [3.05, 3.63) is 29.3 Å². The summed E-state index contributed by atoms with van der Waals surface area (Å²) < 4.78 is 28.6. The number of hydrogen-bond acceptors (Lipinski definition) is 3. The SMILES string of the molecule is O=CCCc1cc(CC(=O)O)ccc1OC(F)F. The predicted octanol–water partition coefficient (Wildman–Crippen LogP) is 2.05. The topological polar surface area (TPSA) is 63.6 Å². The summed E-state index contributed by atoms with van der Waals surface area (Å²) in [7, 11) is 0. The highest BCUT2D eigenvalue weighted by Crippen LogP contribution is 2.23. The molecule has 1 aromatic carbocycles. The van der Waals surface area contributed by atoms with E-state index in [1.165, 1.54) is 18.2 Å².